The van der Waals surface area contributed by atoms with E-state index in [1.165, 1.54) is 5.92 Å². The van der Waals surface area contributed by atoms with Crippen molar-refractivity contribution in [2.45, 2.75) is 12.3 Å². The minimum Gasteiger partial charge on any atom is -0.376 e. The van der Waals surface area contributed by atoms with Crippen LogP contribution in [0.5, 0.6) is 0 Å². The SMILES string of the molecule is C#CC(O)c1c(F)c(F)c(C(F)(F)F)c(F)c1F. The van der Waals surface area contributed by atoms with Crippen LogP contribution in [0.3, 0.4) is 0 Å². The molecule has 0 heterocycles. The highest BCUT2D eigenvalue weighted by Gasteiger charge is 2.42. The van der Waals surface area contributed by atoms with Crippen LogP contribution in [0.15, 0.2) is 0 Å². The quantitative estimate of drug-likeness (QED) is 0.473. The smallest absolute Gasteiger partial charge is 0.376 e. The molecule has 1 aromatic carbocycles. The molecule has 0 fully saturated rings. The Morgan fingerprint density at radius 3 is 1.61 bits per heavy atom. The van der Waals surface area contributed by atoms with Crippen molar-refractivity contribution < 1.29 is 35.8 Å². The van der Waals surface area contributed by atoms with Gasteiger partial charge in [-0.2, -0.15) is 13.2 Å². The molecule has 1 aromatic rings. The average Bonchev–Trinajstić information content (AvgIpc) is 2.24. The van der Waals surface area contributed by atoms with E-state index < -0.39 is 46.7 Å². The molecule has 1 rings (SSSR count). The zero-order chi connectivity index (χ0) is 14.2. The topological polar surface area (TPSA) is 20.2 Å². The first-order valence-electron chi connectivity index (χ1n) is 4.20. The maximum atomic E-state index is 13.1. The molecule has 0 radical (unpaired) electrons. The molecule has 1 unspecified atom stereocenters. The largest absolute Gasteiger partial charge is 0.422 e. The van der Waals surface area contributed by atoms with Crippen LogP contribution in [0.25, 0.3) is 0 Å². The Balaban J connectivity index is 3.73. The molecule has 98 valence electrons. The second kappa shape index (κ2) is 4.49. The molecule has 0 aliphatic carbocycles. The second-order valence-corrected chi connectivity index (χ2v) is 3.11. The van der Waals surface area contributed by atoms with E-state index in [0.717, 1.165) is 0 Å². The summed E-state index contributed by atoms with van der Waals surface area (Å²) in [4.78, 5) is 0. The van der Waals surface area contributed by atoms with Crippen molar-refractivity contribution in [1.82, 2.24) is 0 Å². The van der Waals surface area contributed by atoms with Crippen LogP contribution >= 0.6 is 0 Å². The van der Waals surface area contributed by atoms with E-state index in [2.05, 4.69) is 6.42 Å². The molecule has 1 atom stereocenters. The lowest BCUT2D eigenvalue weighted by atomic mass is 10.0. The van der Waals surface area contributed by atoms with Gasteiger partial charge in [0.15, 0.2) is 23.3 Å². The minimum atomic E-state index is -5.63. The Morgan fingerprint density at radius 2 is 1.33 bits per heavy atom. The van der Waals surface area contributed by atoms with Crippen molar-refractivity contribution >= 4 is 0 Å². The van der Waals surface area contributed by atoms with Crippen molar-refractivity contribution in [1.29, 1.82) is 0 Å². The second-order valence-electron chi connectivity index (χ2n) is 3.11. The average molecular weight is 272 g/mol. The van der Waals surface area contributed by atoms with Gasteiger partial charge in [-0.05, 0) is 0 Å². The number of alkyl halides is 3. The fourth-order valence-corrected chi connectivity index (χ4v) is 1.22. The van der Waals surface area contributed by atoms with Gasteiger partial charge in [0.2, 0.25) is 0 Å². The van der Waals surface area contributed by atoms with Crippen LogP contribution < -0.4 is 0 Å². The zero-order valence-corrected chi connectivity index (χ0v) is 8.25. The highest BCUT2D eigenvalue weighted by atomic mass is 19.4. The summed E-state index contributed by atoms with van der Waals surface area (Å²) in [5.41, 5.74) is -4.40. The molecule has 1 N–H and O–H groups in total. The summed E-state index contributed by atoms with van der Waals surface area (Å²) in [6.45, 7) is 0. The molecule has 0 bridgehead atoms. The number of hydrogen-bond donors (Lipinski definition) is 1. The maximum Gasteiger partial charge on any atom is 0.422 e. The molecule has 0 saturated heterocycles. The fourth-order valence-electron chi connectivity index (χ4n) is 1.22. The van der Waals surface area contributed by atoms with Crippen molar-refractivity contribution in [3.63, 3.8) is 0 Å². The van der Waals surface area contributed by atoms with Gasteiger partial charge in [-0.3, -0.25) is 0 Å². The lowest BCUT2D eigenvalue weighted by Gasteiger charge is -2.14. The van der Waals surface area contributed by atoms with Gasteiger partial charge in [0.05, 0.1) is 5.56 Å². The lowest BCUT2D eigenvalue weighted by Crippen LogP contribution is -2.18. The van der Waals surface area contributed by atoms with Crippen LogP contribution in [0.2, 0.25) is 0 Å². The van der Waals surface area contributed by atoms with Crippen molar-refractivity contribution in [2.75, 3.05) is 0 Å². The molecule has 0 aliphatic rings. The number of aliphatic hydroxyl groups is 1. The van der Waals surface area contributed by atoms with Gasteiger partial charge in [-0.15, -0.1) is 6.42 Å². The molecule has 0 amide bonds. The Bertz CT molecular complexity index is 497. The van der Waals surface area contributed by atoms with E-state index in [0.29, 0.717) is 0 Å². The number of benzene rings is 1. The summed E-state index contributed by atoms with van der Waals surface area (Å²) < 4.78 is 88.8. The number of halogens is 7. The highest BCUT2D eigenvalue weighted by molar-refractivity contribution is 5.35. The molecular formula is C10H3F7O. The first kappa shape index (κ1) is 14.3. The van der Waals surface area contributed by atoms with Crippen LogP contribution in [0, 0.1) is 35.6 Å². The van der Waals surface area contributed by atoms with Gasteiger partial charge in [-0.25, -0.2) is 17.6 Å². The fraction of sp³-hybridized carbons (Fsp3) is 0.200. The number of rotatable bonds is 1. The number of aliphatic hydroxyl groups excluding tert-OH is 1. The Labute approximate surface area is 95.8 Å². The van der Waals surface area contributed by atoms with Crippen LogP contribution in [0.4, 0.5) is 30.7 Å². The summed E-state index contributed by atoms with van der Waals surface area (Å²) in [6, 6.07) is 0. The van der Waals surface area contributed by atoms with E-state index in [-0.39, 0.29) is 0 Å². The summed E-state index contributed by atoms with van der Waals surface area (Å²) >= 11 is 0. The van der Waals surface area contributed by atoms with E-state index >= 15 is 0 Å². The maximum absolute atomic E-state index is 13.1. The Hall–Kier alpha value is -1.75. The first-order valence-corrected chi connectivity index (χ1v) is 4.20. The van der Waals surface area contributed by atoms with Crippen molar-refractivity contribution in [2.24, 2.45) is 0 Å². The lowest BCUT2D eigenvalue weighted by molar-refractivity contribution is -0.143. The summed E-state index contributed by atoms with van der Waals surface area (Å²) in [5.74, 6) is -8.75. The summed E-state index contributed by atoms with van der Waals surface area (Å²) in [5, 5.41) is 8.90. The molecule has 0 aliphatic heterocycles. The van der Waals surface area contributed by atoms with Gasteiger partial charge in [0, 0.05) is 0 Å². The van der Waals surface area contributed by atoms with Crippen LogP contribution in [-0.4, -0.2) is 5.11 Å². The highest BCUT2D eigenvalue weighted by Crippen LogP contribution is 2.38. The van der Waals surface area contributed by atoms with Crippen LogP contribution in [0.1, 0.15) is 17.2 Å². The van der Waals surface area contributed by atoms with E-state index in [9.17, 15) is 30.7 Å². The van der Waals surface area contributed by atoms with Gasteiger partial charge in [0.25, 0.3) is 0 Å². The number of terminal acetylenes is 1. The Kier molecular flexibility index (Phi) is 3.57. The number of hydrogen-bond acceptors (Lipinski definition) is 1. The van der Waals surface area contributed by atoms with Crippen LogP contribution in [-0.2, 0) is 6.18 Å². The van der Waals surface area contributed by atoms with E-state index in [1.807, 2.05) is 0 Å². The normalized spacial score (nSPS) is 13.3. The van der Waals surface area contributed by atoms with Gasteiger partial charge >= 0.3 is 6.18 Å². The molecule has 18 heavy (non-hydrogen) atoms. The summed E-state index contributed by atoms with van der Waals surface area (Å²) in [7, 11) is 0. The molecule has 8 heteroatoms. The predicted molar refractivity (Wildman–Crippen MR) is 45.1 cm³/mol. The third kappa shape index (κ3) is 2.13. The minimum absolute atomic E-state index is 1.34. The third-order valence-corrected chi connectivity index (χ3v) is 2.01. The molecule has 0 spiro atoms. The third-order valence-electron chi connectivity index (χ3n) is 2.01. The van der Waals surface area contributed by atoms with Crippen molar-refractivity contribution in [3.05, 3.63) is 34.4 Å². The van der Waals surface area contributed by atoms with E-state index in [4.69, 9.17) is 5.11 Å². The Morgan fingerprint density at radius 1 is 0.944 bits per heavy atom. The van der Waals surface area contributed by atoms with Crippen molar-refractivity contribution in [3.8, 4) is 12.3 Å². The predicted octanol–water partition coefficient (Wildman–Crippen LogP) is 2.93. The van der Waals surface area contributed by atoms with E-state index in [1.54, 1.807) is 0 Å². The molecular weight excluding hydrogens is 269 g/mol. The standard InChI is InChI=1S/C10H3F7O/c1-2-3(18)4-6(11)8(13)5(10(15,16)17)9(14)7(4)12/h1,3,18H. The van der Waals surface area contributed by atoms with Gasteiger partial charge in [-0.1, -0.05) is 5.92 Å². The summed E-state index contributed by atoms with van der Waals surface area (Å²) in [6.07, 6.45) is -3.47. The molecule has 0 aromatic heterocycles. The zero-order valence-electron chi connectivity index (χ0n) is 8.25. The monoisotopic (exact) mass is 272 g/mol. The molecule has 1 nitrogen and oxygen atoms in total. The van der Waals surface area contributed by atoms with Gasteiger partial charge < -0.3 is 5.11 Å². The molecule has 0 saturated carbocycles. The first-order chi connectivity index (χ1) is 8.12. The van der Waals surface area contributed by atoms with Gasteiger partial charge in [0.1, 0.15) is 11.7 Å².